The molecular weight excluding hydrogens is 286 g/mol. The maximum atomic E-state index is 4.69. The summed E-state index contributed by atoms with van der Waals surface area (Å²) in [6.45, 7) is 7.66. The first-order valence-electron chi connectivity index (χ1n) is 7.26. The Labute approximate surface area is 129 Å². The van der Waals surface area contributed by atoms with Crippen LogP contribution in [0.3, 0.4) is 0 Å². The average Bonchev–Trinajstić information content (AvgIpc) is 2.89. The van der Waals surface area contributed by atoms with Crippen LogP contribution >= 0.6 is 23.1 Å². The summed E-state index contributed by atoms with van der Waals surface area (Å²) in [4.78, 5) is 10.5. The molecule has 1 N–H and O–H groups in total. The van der Waals surface area contributed by atoms with Crippen molar-refractivity contribution in [3.8, 4) is 0 Å². The van der Waals surface area contributed by atoms with Crippen molar-refractivity contribution in [2.45, 2.75) is 39.4 Å². The largest absolute Gasteiger partial charge is 0.369 e. The van der Waals surface area contributed by atoms with Crippen molar-refractivity contribution in [2.24, 2.45) is 5.92 Å². The van der Waals surface area contributed by atoms with Crippen LogP contribution in [0.2, 0.25) is 0 Å². The van der Waals surface area contributed by atoms with Crippen molar-refractivity contribution in [3.05, 3.63) is 17.3 Å². The first-order chi connectivity index (χ1) is 9.70. The van der Waals surface area contributed by atoms with Crippen LogP contribution < -0.4 is 5.32 Å². The second kappa shape index (κ2) is 7.84. The third-order valence-corrected chi connectivity index (χ3v) is 4.78. The number of nitrogens with zero attached hydrogens (tertiary/aromatic N) is 2. The summed E-state index contributed by atoms with van der Waals surface area (Å²) in [5.74, 6) is 4.80. The molecule has 0 spiro atoms. The highest BCUT2D eigenvalue weighted by molar-refractivity contribution is 7.98. The van der Waals surface area contributed by atoms with Crippen molar-refractivity contribution >= 4 is 39.1 Å². The highest BCUT2D eigenvalue weighted by Gasteiger charge is 2.08. The molecule has 0 aliphatic heterocycles. The summed E-state index contributed by atoms with van der Waals surface area (Å²) in [5.41, 5.74) is 0. The van der Waals surface area contributed by atoms with Crippen LogP contribution in [0.15, 0.2) is 11.4 Å². The fourth-order valence-electron chi connectivity index (χ4n) is 1.82. The van der Waals surface area contributed by atoms with Gasteiger partial charge in [-0.25, -0.2) is 9.97 Å². The van der Waals surface area contributed by atoms with E-state index in [4.69, 9.17) is 4.98 Å². The predicted molar refractivity (Wildman–Crippen MR) is 91.8 cm³/mol. The molecule has 0 bridgehead atoms. The number of thiophene rings is 1. The van der Waals surface area contributed by atoms with E-state index in [1.165, 1.54) is 12.2 Å². The van der Waals surface area contributed by atoms with Crippen molar-refractivity contribution in [1.29, 1.82) is 0 Å². The fourth-order valence-corrected chi connectivity index (χ4v) is 3.70. The number of aromatic nitrogens is 2. The van der Waals surface area contributed by atoms with E-state index in [0.29, 0.717) is 0 Å². The van der Waals surface area contributed by atoms with Crippen molar-refractivity contribution < 1.29 is 0 Å². The lowest BCUT2D eigenvalue weighted by Gasteiger charge is -2.08. The van der Waals surface area contributed by atoms with Crippen molar-refractivity contribution in [3.63, 3.8) is 0 Å². The van der Waals surface area contributed by atoms with Gasteiger partial charge in [0, 0.05) is 6.54 Å². The number of fused-ring (bicyclic) bond motifs is 1. The monoisotopic (exact) mass is 309 g/mol. The van der Waals surface area contributed by atoms with Gasteiger partial charge in [-0.1, -0.05) is 20.8 Å². The molecule has 0 atom stereocenters. The maximum Gasteiger partial charge on any atom is 0.142 e. The van der Waals surface area contributed by atoms with Crippen LogP contribution in [0.4, 0.5) is 5.82 Å². The molecule has 5 heteroatoms. The molecule has 2 aromatic heterocycles. The van der Waals surface area contributed by atoms with Crippen LogP contribution in [0.25, 0.3) is 10.2 Å². The first-order valence-corrected chi connectivity index (χ1v) is 9.30. The Morgan fingerprint density at radius 3 is 2.95 bits per heavy atom. The van der Waals surface area contributed by atoms with E-state index in [0.717, 1.165) is 46.5 Å². The molecule has 0 aliphatic carbocycles. The minimum atomic E-state index is 0.768. The number of nitrogens with one attached hydrogen (secondary N) is 1. The van der Waals surface area contributed by atoms with Crippen molar-refractivity contribution in [1.82, 2.24) is 9.97 Å². The van der Waals surface area contributed by atoms with Gasteiger partial charge in [0.15, 0.2) is 0 Å². The zero-order chi connectivity index (χ0) is 14.4. The summed E-state index contributed by atoms with van der Waals surface area (Å²) in [6, 6.07) is 2.10. The van der Waals surface area contributed by atoms with E-state index in [9.17, 15) is 0 Å². The quantitative estimate of drug-likeness (QED) is 0.711. The van der Waals surface area contributed by atoms with Crippen LogP contribution in [0.1, 0.15) is 39.4 Å². The molecule has 3 nitrogen and oxygen atoms in total. The Balaban J connectivity index is 2.05. The molecule has 0 saturated heterocycles. The lowest BCUT2D eigenvalue weighted by Crippen LogP contribution is -2.05. The first kappa shape index (κ1) is 15.6. The van der Waals surface area contributed by atoms with Crippen LogP contribution in [0.5, 0.6) is 0 Å². The zero-order valence-corrected chi connectivity index (χ0v) is 14.1. The molecule has 0 fully saturated rings. The molecular formula is C15H23N3S2. The van der Waals surface area contributed by atoms with Gasteiger partial charge < -0.3 is 5.32 Å². The topological polar surface area (TPSA) is 37.8 Å². The van der Waals surface area contributed by atoms with E-state index in [2.05, 4.69) is 42.5 Å². The number of anilines is 1. The third-order valence-electron chi connectivity index (χ3n) is 2.98. The van der Waals surface area contributed by atoms with Crippen molar-refractivity contribution in [2.75, 3.05) is 17.6 Å². The Kier molecular flexibility index (Phi) is 6.10. The summed E-state index contributed by atoms with van der Waals surface area (Å²) < 4.78 is 0. The maximum absolute atomic E-state index is 4.69. The van der Waals surface area contributed by atoms with Gasteiger partial charge in [-0.15, -0.1) is 11.3 Å². The fraction of sp³-hybridized carbons (Fsp3) is 0.600. The Morgan fingerprint density at radius 2 is 2.20 bits per heavy atom. The molecule has 2 aromatic rings. The molecule has 0 aliphatic rings. The molecule has 110 valence electrons. The van der Waals surface area contributed by atoms with Crippen LogP contribution in [-0.2, 0) is 5.75 Å². The third kappa shape index (κ3) is 4.35. The molecule has 0 amide bonds. The summed E-state index contributed by atoms with van der Waals surface area (Å²) >= 11 is 3.62. The minimum absolute atomic E-state index is 0.768. The predicted octanol–water partition coefficient (Wildman–Crippen LogP) is 4.79. The second-order valence-electron chi connectivity index (χ2n) is 5.29. The molecule has 0 saturated carbocycles. The standard InChI is InChI=1S/C15H23N3S2/c1-4-7-16-14-12-6-9-20-15(12)18-13(17-14)10-19-8-5-11(2)3/h6,9,11H,4-5,7-8,10H2,1-3H3,(H,16,17,18). The molecule has 2 heterocycles. The van der Waals surface area contributed by atoms with Crippen LogP contribution in [0, 0.1) is 5.92 Å². The SMILES string of the molecule is CCCNc1nc(CSCCC(C)C)nc2sccc12. The van der Waals surface area contributed by atoms with Gasteiger partial charge in [-0.3, -0.25) is 0 Å². The highest BCUT2D eigenvalue weighted by Crippen LogP contribution is 2.26. The Morgan fingerprint density at radius 1 is 1.35 bits per heavy atom. The Hall–Kier alpha value is -0.810. The van der Waals surface area contributed by atoms with Gasteiger partial charge in [0.1, 0.15) is 16.5 Å². The number of thioether (sulfide) groups is 1. The van der Waals surface area contributed by atoms with E-state index in [-0.39, 0.29) is 0 Å². The van der Waals surface area contributed by atoms with E-state index in [1.807, 2.05) is 11.8 Å². The van der Waals surface area contributed by atoms with Gasteiger partial charge in [-0.2, -0.15) is 11.8 Å². The molecule has 0 aromatic carbocycles. The lowest BCUT2D eigenvalue weighted by molar-refractivity contribution is 0.632. The van der Waals surface area contributed by atoms with Gasteiger partial charge in [0.05, 0.1) is 11.1 Å². The molecule has 0 radical (unpaired) electrons. The summed E-state index contributed by atoms with van der Waals surface area (Å²) in [5, 5.41) is 6.66. The van der Waals surface area contributed by atoms with Gasteiger partial charge in [0.25, 0.3) is 0 Å². The second-order valence-corrected chi connectivity index (χ2v) is 7.29. The highest BCUT2D eigenvalue weighted by atomic mass is 32.2. The van der Waals surface area contributed by atoms with E-state index in [1.54, 1.807) is 11.3 Å². The molecule has 2 rings (SSSR count). The van der Waals surface area contributed by atoms with E-state index >= 15 is 0 Å². The van der Waals surface area contributed by atoms with E-state index < -0.39 is 0 Å². The number of rotatable bonds is 8. The van der Waals surface area contributed by atoms with Crippen LogP contribution in [-0.4, -0.2) is 22.3 Å². The average molecular weight is 310 g/mol. The van der Waals surface area contributed by atoms with Gasteiger partial charge >= 0.3 is 0 Å². The number of hydrogen-bond donors (Lipinski definition) is 1. The summed E-state index contributed by atoms with van der Waals surface area (Å²) in [7, 11) is 0. The zero-order valence-electron chi connectivity index (χ0n) is 12.5. The Bertz CT molecular complexity index is 537. The van der Waals surface area contributed by atoms with Gasteiger partial charge in [0.2, 0.25) is 0 Å². The minimum Gasteiger partial charge on any atom is -0.369 e. The summed E-state index contributed by atoms with van der Waals surface area (Å²) in [6.07, 6.45) is 2.36. The molecule has 20 heavy (non-hydrogen) atoms. The smallest absolute Gasteiger partial charge is 0.142 e. The number of hydrogen-bond acceptors (Lipinski definition) is 5. The molecule has 0 unspecified atom stereocenters. The lowest BCUT2D eigenvalue weighted by atomic mass is 10.2. The normalized spacial score (nSPS) is 11.4. The van der Waals surface area contributed by atoms with Gasteiger partial charge in [-0.05, 0) is 36.0 Å².